The fourth-order valence-electron chi connectivity index (χ4n) is 6.33. The van der Waals surface area contributed by atoms with Crippen LogP contribution in [0.4, 0.5) is 0 Å². The number of ketones is 1. The van der Waals surface area contributed by atoms with Crippen LogP contribution < -0.4 is 4.74 Å². The summed E-state index contributed by atoms with van der Waals surface area (Å²) in [5, 5.41) is 4.25. The number of benzene rings is 1. The van der Waals surface area contributed by atoms with Crippen molar-refractivity contribution < 1.29 is 9.53 Å². The molecule has 4 heteroatoms. The Bertz CT molecular complexity index is 988. The molecule has 2 saturated carbocycles. The lowest BCUT2D eigenvalue weighted by Gasteiger charge is -2.48. The van der Waals surface area contributed by atoms with Crippen molar-refractivity contribution in [1.82, 2.24) is 9.78 Å². The van der Waals surface area contributed by atoms with Gasteiger partial charge in [-0.25, -0.2) is 0 Å². The average molecular weight is 391 g/mol. The minimum Gasteiger partial charge on any atom is -0.494 e. The number of allylic oxidation sites excluding steroid dienone is 1. The van der Waals surface area contributed by atoms with Gasteiger partial charge in [0.25, 0.3) is 0 Å². The van der Waals surface area contributed by atoms with Crippen LogP contribution in [0.3, 0.4) is 0 Å². The smallest absolute Gasteiger partial charge is 0.165 e. The molecule has 0 aliphatic heterocycles. The molecule has 0 N–H and O–H groups in total. The Labute approximate surface area is 173 Å². The molecule has 152 valence electrons. The van der Waals surface area contributed by atoms with Gasteiger partial charge in [-0.15, -0.1) is 0 Å². The van der Waals surface area contributed by atoms with E-state index in [1.54, 1.807) is 4.68 Å². The van der Waals surface area contributed by atoms with Gasteiger partial charge in [0, 0.05) is 24.2 Å². The average Bonchev–Trinajstić information content (AvgIpc) is 3.23. The lowest BCUT2D eigenvalue weighted by atomic mass is 9.55. The number of nitrogens with zero attached hydrogens (tertiary/aromatic N) is 2. The molecule has 1 heterocycles. The summed E-state index contributed by atoms with van der Waals surface area (Å²) in [4.78, 5) is 13.4. The summed E-state index contributed by atoms with van der Waals surface area (Å²) in [5.41, 5.74) is 4.80. The maximum atomic E-state index is 13.4. The Kier molecular flexibility index (Phi) is 4.41. The molecule has 0 radical (unpaired) electrons. The third kappa shape index (κ3) is 2.95. The van der Waals surface area contributed by atoms with Gasteiger partial charge in [0.15, 0.2) is 5.78 Å². The third-order valence-corrected chi connectivity index (χ3v) is 7.71. The predicted molar refractivity (Wildman–Crippen MR) is 114 cm³/mol. The van der Waals surface area contributed by atoms with E-state index in [1.165, 1.54) is 17.5 Å². The van der Waals surface area contributed by atoms with Gasteiger partial charge in [-0.3, -0.25) is 9.48 Å². The number of carbonyl (C=O) groups is 1. The summed E-state index contributed by atoms with van der Waals surface area (Å²) < 4.78 is 7.52. The molecule has 0 amide bonds. The molecule has 4 nitrogen and oxygen atoms in total. The van der Waals surface area contributed by atoms with Crippen LogP contribution in [0.5, 0.6) is 5.75 Å². The van der Waals surface area contributed by atoms with Crippen LogP contribution in [-0.4, -0.2) is 22.2 Å². The van der Waals surface area contributed by atoms with Crippen LogP contribution in [0.2, 0.25) is 0 Å². The highest BCUT2D eigenvalue weighted by atomic mass is 16.5. The van der Waals surface area contributed by atoms with Crippen molar-refractivity contribution in [3.05, 3.63) is 52.9 Å². The van der Waals surface area contributed by atoms with Crippen molar-refractivity contribution in [1.29, 1.82) is 0 Å². The van der Waals surface area contributed by atoms with Crippen molar-refractivity contribution in [3.63, 3.8) is 0 Å². The Morgan fingerprint density at radius 2 is 2.21 bits per heavy atom. The molecule has 3 aliphatic rings. The number of carbonyl (C=O) groups excluding carboxylic acids is 1. The van der Waals surface area contributed by atoms with Gasteiger partial charge >= 0.3 is 0 Å². The first-order valence-electron chi connectivity index (χ1n) is 11.0. The van der Waals surface area contributed by atoms with Crippen molar-refractivity contribution in [3.8, 4) is 5.75 Å². The minimum absolute atomic E-state index is 0.196. The highest BCUT2D eigenvalue weighted by Gasteiger charge is 2.56. The Hall–Kier alpha value is -2.36. The van der Waals surface area contributed by atoms with E-state index in [4.69, 9.17) is 4.74 Å². The topological polar surface area (TPSA) is 44.1 Å². The number of Topliss-reactive ketones (excluding diaryl/α,β-unsaturated/α-hetero) is 1. The van der Waals surface area contributed by atoms with Crippen LogP contribution in [0, 0.1) is 17.3 Å². The van der Waals surface area contributed by atoms with Crippen molar-refractivity contribution in [2.45, 2.75) is 51.9 Å². The first kappa shape index (κ1) is 18.7. The Morgan fingerprint density at radius 1 is 1.34 bits per heavy atom. The van der Waals surface area contributed by atoms with Crippen LogP contribution >= 0.6 is 0 Å². The summed E-state index contributed by atoms with van der Waals surface area (Å²) >= 11 is 0. The number of aryl methyl sites for hydroxylation is 2. The van der Waals surface area contributed by atoms with Gasteiger partial charge in [0.1, 0.15) is 5.75 Å². The molecule has 5 rings (SSSR count). The lowest BCUT2D eigenvalue weighted by molar-refractivity contribution is -0.127. The van der Waals surface area contributed by atoms with Crippen molar-refractivity contribution in [2.24, 2.45) is 24.3 Å². The van der Waals surface area contributed by atoms with Gasteiger partial charge in [0.2, 0.25) is 0 Å². The molecule has 2 aromatic rings. The summed E-state index contributed by atoms with van der Waals surface area (Å²) in [6.07, 6.45) is 11.2. The van der Waals surface area contributed by atoms with Gasteiger partial charge < -0.3 is 4.74 Å². The van der Waals surface area contributed by atoms with E-state index in [0.717, 1.165) is 42.6 Å². The molecular weight excluding hydrogens is 360 g/mol. The molecule has 3 aliphatic carbocycles. The van der Waals surface area contributed by atoms with Crippen molar-refractivity contribution >= 4 is 11.9 Å². The maximum absolute atomic E-state index is 13.4. The molecule has 29 heavy (non-hydrogen) atoms. The lowest BCUT2D eigenvalue weighted by Crippen LogP contribution is -2.42. The van der Waals surface area contributed by atoms with E-state index in [0.29, 0.717) is 30.1 Å². The number of aromatic nitrogens is 2. The van der Waals surface area contributed by atoms with Crippen LogP contribution in [0.1, 0.15) is 62.1 Å². The van der Waals surface area contributed by atoms with E-state index in [-0.39, 0.29) is 5.41 Å². The predicted octanol–water partition coefficient (Wildman–Crippen LogP) is 4.94. The van der Waals surface area contributed by atoms with Crippen LogP contribution in [-0.2, 0) is 18.3 Å². The maximum Gasteiger partial charge on any atom is 0.165 e. The molecular formula is C25H30N2O2. The number of hydrogen-bond acceptors (Lipinski definition) is 3. The number of rotatable bonds is 3. The molecule has 4 atom stereocenters. The van der Waals surface area contributed by atoms with E-state index in [2.05, 4.69) is 36.3 Å². The highest BCUT2D eigenvalue weighted by Crippen LogP contribution is 2.60. The first-order chi connectivity index (χ1) is 14.0. The fourth-order valence-corrected chi connectivity index (χ4v) is 6.33. The monoisotopic (exact) mass is 390 g/mol. The number of ether oxygens (including phenoxy) is 1. The van der Waals surface area contributed by atoms with Gasteiger partial charge in [0.05, 0.1) is 12.8 Å². The Morgan fingerprint density at radius 3 is 2.97 bits per heavy atom. The number of hydrogen-bond donors (Lipinski definition) is 0. The van der Waals surface area contributed by atoms with Gasteiger partial charge in [-0.05, 0) is 91.7 Å². The summed E-state index contributed by atoms with van der Waals surface area (Å²) in [6.45, 7) is 4.97. The van der Waals surface area contributed by atoms with E-state index in [1.807, 2.05) is 26.4 Å². The normalized spacial score (nSPS) is 32.0. The van der Waals surface area contributed by atoms with E-state index in [9.17, 15) is 4.79 Å². The zero-order valence-electron chi connectivity index (χ0n) is 17.6. The zero-order valence-corrected chi connectivity index (χ0v) is 17.6. The Balaban J connectivity index is 1.45. The second-order valence-corrected chi connectivity index (χ2v) is 9.32. The van der Waals surface area contributed by atoms with Crippen LogP contribution in [0.25, 0.3) is 6.08 Å². The quantitative estimate of drug-likeness (QED) is 0.698. The standard InChI is InChI=1S/C25H30N2O2/c1-4-29-19-6-8-20-17(12-19)5-7-22-21(20)9-10-25(2)23(22)13-18(24(25)28)11-16-14-26-27(3)15-16/h6,8,11-12,14-15,21-23H,4-5,7,9-10,13H2,1-3H3/b18-11+/t21-,22-,23+,25-/m1/s1. The molecule has 0 unspecified atom stereocenters. The zero-order chi connectivity index (χ0) is 20.2. The SMILES string of the molecule is CCOc1ccc2c(c1)CC[C@@H]1[C@@H]2CC[C@@]2(C)C(=O)/C(=C/c3cnn(C)c3)C[C@@H]12. The molecule has 1 aromatic carbocycles. The van der Waals surface area contributed by atoms with E-state index >= 15 is 0 Å². The van der Waals surface area contributed by atoms with Gasteiger partial charge in [-0.2, -0.15) is 5.10 Å². The van der Waals surface area contributed by atoms with Crippen LogP contribution in [0.15, 0.2) is 36.2 Å². The second-order valence-electron chi connectivity index (χ2n) is 9.32. The minimum atomic E-state index is -0.196. The first-order valence-corrected chi connectivity index (χ1v) is 11.0. The molecule has 0 saturated heterocycles. The van der Waals surface area contributed by atoms with Crippen molar-refractivity contribution in [2.75, 3.05) is 6.61 Å². The molecule has 1 aromatic heterocycles. The summed E-state index contributed by atoms with van der Waals surface area (Å²) in [5.74, 6) is 3.00. The molecule has 2 fully saturated rings. The molecule has 0 bridgehead atoms. The summed E-state index contributed by atoms with van der Waals surface area (Å²) in [7, 11) is 1.92. The third-order valence-electron chi connectivity index (χ3n) is 7.71. The largest absolute Gasteiger partial charge is 0.494 e. The van der Waals surface area contributed by atoms with Gasteiger partial charge in [-0.1, -0.05) is 13.0 Å². The summed E-state index contributed by atoms with van der Waals surface area (Å²) in [6, 6.07) is 6.67. The number of fused-ring (bicyclic) bond motifs is 5. The second kappa shape index (κ2) is 6.86. The van der Waals surface area contributed by atoms with E-state index < -0.39 is 0 Å². The highest BCUT2D eigenvalue weighted by molar-refractivity contribution is 6.05. The fraction of sp³-hybridized carbons (Fsp3) is 0.520. The molecule has 0 spiro atoms.